The first-order chi connectivity index (χ1) is 7.99. The van der Waals surface area contributed by atoms with Crippen molar-refractivity contribution in [2.75, 3.05) is 14.2 Å². The third-order valence-corrected chi connectivity index (χ3v) is 2.68. The van der Waals surface area contributed by atoms with Crippen LogP contribution in [0.5, 0.6) is 11.5 Å². The van der Waals surface area contributed by atoms with E-state index in [2.05, 4.69) is 0 Å². The van der Waals surface area contributed by atoms with Gasteiger partial charge in [-0.15, -0.1) is 0 Å². The van der Waals surface area contributed by atoms with Crippen LogP contribution in [0.3, 0.4) is 0 Å². The number of hydrogen-bond acceptors (Lipinski definition) is 3. The maximum Gasteiger partial charge on any atom is 0.179 e. The monoisotopic (exact) mass is 254 g/mol. The number of rotatable bonds is 4. The van der Waals surface area contributed by atoms with Gasteiger partial charge in [-0.1, -0.05) is 11.6 Å². The lowest BCUT2D eigenvalue weighted by molar-refractivity contribution is -0.113. The molecule has 0 saturated carbocycles. The summed E-state index contributed by atoms with van der Waals surface area (Å²) in [6.45, 7) is 3.28. The third kappa shape index (κ3) is 3.24. The summed E-state index contributed by atoms with van der Waals surface area (Å²) in [4.78, 5) is 11.2. The molecule has 0 unspecified atom stereocenters. The average Bonchev–Trinajstić information content (AvgIpc) is 2.27. The lowest BCUT2D eigenvalue weighted by Crippen LogP contribution is -1.94. The van der Waals surface area contributed by atoms with Gasteiger partial charge in [0.1, 0.15) is 0 Å². The van der Waals surface area contributed by atoms with E-state index in [0.717, 1.165) is 5.56 Å². The third-order valence-electron chi connectivity index (χ3n) is 2.39. The van der Waals surface area contributed by atoms with Crippen LogP contribution >= 0.6 is 11.6 Å². The largest absolute Gasteiger partial charge is 0.493 e. The first kappa shape index (κ1) is 13.6. The van der Waals surface area contributed by atoms with E-state index in [-0.39, 0.29) is 5.78 Å². The van der Waals surface area contributed by atoms with Crippen molar-refractivity contribution in [1.29, 1.82) is 0 Å². The SMILES string of the molecule is COc1cc(/C=C(/C)C(C)=O)cc(Cl)c1OC. The zero-order valence-electron chi connectivity index (χ0n) is 10.3. The number of halogens is 1. The van der Waals surface area contributed by atoms with Crippen molar-refractivity contribution in [1.82, 2.24) is 0 Å². The van der Waals surface area contributed by atoms with Crippen molar-refractivity contribution < 1.29 is 14.3 Å². The lowest BCUT2D eigenvalue weighted by Gasteiger charge is -2.10. The van der Waals surface area contributed by atoms with E-state index in [4.69, 9.17) is 21.1 Å². The number of carbonyl (C=O) groups excluding carboxylic acids is 1. The zero-order valence-corrected chi connectivity index (χ0v) is 11.1. The Bertz CT molecular complexity index is 464. The van der Waals surface area contributed by atoms with E-state index >= 15 is 0 Å². The zero-order chi connectivity index (χ0) is 13.0. The molecular weight excluding hydrogens is 240 g/mol. The summed E-state index contributed by atoms with van der Waals surface area (Å²) in [6.07, 6.45) is 1.76. The quantitative estimate of drug-likeness (QED) is 0.773. The molecule has 1 rings (SSSR count). The Morgan fingerprint density at radius 3 is 2.35 bits per heavy atom. The number of carbonyl (C=O) groups is 1. The Hall–Kier alpha value is -1.48. The van der Waals surface area contributed by atoms with Gasteiger partial charge in [0, 0.05) is 0 Å². The van der Waals surface area contributed by atoms with E-state index in [1.807, 2.05) is 0 Å². The molecule has 0 radical (unpaired) electrons. The second-order valence-electron chi connectivity index (χ2n) is 3.62. The molecule has 0 fully saturated rings. The Morgan fingerprint density at radius 1 is 1.24 bits per heavy atom. The molecule has 0 aliphatic rings. The van der Waals surface area contributed by atoms with Gasteiger partial charge in [-0.3, -0.25) is 4.79 Å². The first-order valence-corrected chi connectivity index (χ1v) is 5.48. The number of ether oxygens (including phenoxy) is 2. The topological polar surface area (TPSA) is 35.5 Å². The minimum Gasteiger partial charge on any atom is -0.493 e. The summed E-state index contributed by atoms with van der Waals surface area (Å²) in [5.74, 6) is 1.06. The number of Topliss-reactive ketones (excluding diaryl/α,β-unsaturated/α-hetero) is 1. The van der Waals surface area contributed by atoms with Crippen molar-refractivity contribution in [3.63, 3.8) is 0 Å². The van der Waals surface area contributed by atoms with E-state index in [9.17, 15) is 4.79 Å². The fraction of sp³-hybridized carbons (Fsp3) is 0.308. The lowest BCUT2D eigenvalue weighted by atomic mass is 10.1. The van der Waals surface area contributed by atoms with E-state index in [1.54, 1.807) is 32.2 Å². The Morgan fingerprint density at radius 2 is 1.88 bits per heavy atom. The summed E-state index contributed by atoms with van der Waals surface area (Å²) in [5.41, 5.74) is 1.47. The molecule has 17 heavy (non-hydrogen) atoms. The molecule has 0 N–H and O–H groups in total. The molecule has 0 bridgehead atoms. The van der Waals surface area contributed by atoms with Crippen LogP contribution in [0.1, 0.15) is 19.4 Å². The molecule has 0 spiro atoms. The highest BCUT2D eigenvalue weighted by atomic mass is 35.5. The predicted octanol–water partition coefficient (Wildman–Crippen LogP) is 3.35. The fourth-order valence-electron chi connectivity index (χ4n) is 1.37. The molecule has 0 saturated heterocycles. The maximum absolute atomic E-state index is 11.2. The highest BCUT2D eigenvalue weighted by Gasteiger charge is 2.10. The number of methoxy groups -OCH3 is 2. The molecule has 0 aliphatic carbocycles. The minimum atomic E-state index is 0.0240. The van der Waals surface area contributed by atoms with Crippen LogP contribution in [0.4, 0.5) is 0 Å². The van der Waals surface area contributed by atoms with Gasteiger partial charge >= 0.3 is 0 Å². The first-order valence-electron chi connectivity index (χ1n) is 5.10. The van der Waals surface area contributed by atoms with Crippen LogP contribution in [-0.2, 0) is 4.79 Å². The van der Waals surface area contributed by atoms with Crippen molar-refractivity contribution in [2.24, 2.45) is 0 Å². The Labute approximate surface area is 106 Å². The van der Waals surface area contributed by atoms with Crippen molar-refractivity contribution in [2.45, 2.75) is 13.8 Å². The highest BCUT2D eigenvalue weighted by molar-refractivity contribution is 6.32. The summed E-state index contributed by atoms with van der Waals surface area (Å²) in [5, 5.41) is 0.453. The van der Waals surface area contributed by atoms with Crippen LogP contribution in [0, 0.1) is 0 Å². The van der Waals surface area contributed by atoms with E-state index in [1.165, 1.54) is 14.0 Å². The second-order valence-corrected chi connectivity index (χ2v) is 4.03. The molecule has 0 aromatic heterocycles. The maximum atomic E-state index is 11.2. The van der Waals surface area contributed by atoms with E-state index in [0.29, 0.717) is 22.1 Å². The number of benzene rings is 1. The van der Waals surface area contributed by atoms with Gasteiger partial charge in [0.05, 0.1) is 19.2 Å². The molecule has 1 aromatic rings. The normalized spacial score (nSPS) is 11.2. The summed E-state index contributed by atoms with van der Waals surface area (Å²) in [7, 11) is 3.07. The molecule has 0 amide bonds. The minimum absolute atomic E-state index is 0.0240. The average molecular weight is 255 g/mol. The van der Waals surface area contributed by atoms with Gasteiger partial charge in [0.15, 0.2) is 17.3 Å². The van der Waals surface area contributed by atoms with Crippen molar-refractivity contribution in [3.8, 4) is 11.5 Å². The van der Waals surface area contributed by atoms with Crippen LogP contribution in [-0.4, -0.2) is 20.0 Å². The van der Waals surface area contributed by atoms with Crippen LogP contribution in [0.15, 0.2) is 17.7 Å². The molecule has 4 heteroatoms. The molecule has 92 valence electrons. The molecular formula is C13H15ClO3. The highest BCUT2D eigenvalue weighted by Crippen LogP contribution is 2.36. The number of allylic oxidation sites excluding steroid dienone is 1. The number of ketones is 1. The van der Waals surface area contributed by atoms with Crippen LogP contribution in [0.2, 0.25) is 5.02 Å². The number of hydrogen-bond donors (Lipinski definition) is 0. The van der Waals surface area contributed by atoms with Crippen LogP contribution in [0.25, 0.3) is 6.08 Å². The fourth-order valence-corrected chi connectivity index (χ4v) is 1.67. The summed E-state index contributed by atoms with van der Waals surface area (Å²) >= 11 is 6.06. The second kappa shape index (κ2) is 5.73. The van der Waals surface area contributed by atoms with Gasteiger partial charge in [-0.05, 0) is 43.2 Å². The molecule has 3 nitrogen and oxygen atoms in total. The van der Waals surface area contributed by atoms with Gasteiger partial charge in [-0.2, -0.15) is 0 Å². The Balaban J connectivity index is 3.25. The van der Waals surface area contributed by atoms with Crippen molar-refractivity contribution in [3.05, 3.63) is 28.3 Å². The van der Waals surface area contributed by atoms with Gasteiger partial charge in [-0.25, -0.2) is 0 Å². The van der Waals surface area contributed by atoms with Gasteiger partial charge < -0.3 is 9.47 Å². The van der Waals surface area contributed by atoms with Crippen LogP contribution < -0.4 is 9.47 Å². The van der Waals surface area contributed by atoms with Gasteiger partial charge in [0.2, 0.25) is 0 Å². The molecule has 0 heterocycles. The summed E-state index contributed by atoms with van der Waals surface area (Å²) in [6, 6.07) is 3.51. The molecule has 1 aromatic carbocycles. The van der Waals surface area contributed by atoms with Gasteiger partial charge in [0.25, 0.3) is 0 Å². The van der Waals surface area contributed by atoms with Crippen molar-refractivity contribution >= 4 is 23.5 Å². The smallest absolute Gasteiger partial charge is 0.179 e. The molecule has 0 atom stereocenters. The standard InChI is InChI=1S/C13H15ClO3/c1-8(9(2)15)5-10-6-11(14)13(17-4)12(7-10)16-3/h5-7H,1-4H3/b8-5-. The summed E-state index contributed by atoms with van der Waals surface area (Å²) < 4.78 is 10.3. The Kier molecular flexibility index (Phi) is 4.58. The predicted molar refractivity (Wildman–Crippen MR) is 68.9 cm³/mol. The molecule has 0 aliphatic heterocycles. The van der Waals surface area contributed by atoms with E-state index < -0.39 is 0 Å².